The van der Waals surface area contributed by atoms with Gasteiger partial charge in [0.25, 0.3) is 0 Å². The normalized spacial score (nSPS) is 11.0. The number of rotatable bonds is 3. The first-order valence-corrected chi connectivity index (χ1v) is 6.51. The fraction of sp³-hybridized carbons (Fsp3) is 0.125. The molecule has 1 heterocycles. The molecule has 0 saturated heterocycles. The van der Waals surface area contributed by atoms with Crippen LogP contribution in [0.5, 0.6) is 0 Å². The summed E-state index contributed by atoms with van der Waals surface area (Å²) >= 11 is 0. The fourth-order valence-electron chi connectivity index (χ4n) is 2.33. The number of nitrogens with zero attached hydrogens (tertiary/aromatic N) is 2. The van der Waals surface area contributed by atoms with Gasteiger partial charge in [-0.3, -0.25) is 4.79 Å². The summed E-state index contributed by atoms with van der Waals surface area (Å²) in [5.74, 6) is -1.29. The van der Waals surface area contributed by atoms with E-state index in [1.807, 2.05) is 24.3 Å². The van der Waals surface area contributed by atoms with Crippen molar-refractivity contribution in [2.75, 3.05) is 0 Å². The molecule has 106 valence electrons. The summed E-state index contributed by atoms with van der Waals surface area (Å²) in [7, 11) is 0. The van der Waals surface area contributed by atoms with Crippen LogP contribution in [0.3, 0.4) is 0 Å². The Labute approximate surface area is 120 Å². The van der Waals surface area contributed by atoms with Crippen molar-refractivity contribution in [1.29, 1.82) is 0 Å². The summed E-state index contributed by atoms with van der Waals surface area (Å²) in [4.78, 5) is 11.1. The van der Waals surface area contributed by atoms with Crippen LogP contribution in [0.1, 0.15) is 11.3 Å². The highest BCUT2D eigenvalue weighted by atomic mass is 19.1. The molecule has 0 bridgehead atoms. The third-order valence-electron chi connectivity index (χ3n) is 3.40. The van der Waals surface area contributed by atoms with Crippen LogP contribution in [-0.4, -0.2) is 20.9 Å². The number of aryl methyl sites for hydroxylation is 1. The van der Waals surface area contributed by atoms with Crippen molar-refractivity contribution in [2.45, 2.75) is 13.3 Å². The van der Waals surface area contributed by atoms with Crippen molar-refractivity contribution in [3.05, 3.63) is 59.5 Å². The first-order valence-electron chi connectivity index (χ1n) is 6.51. The van der Waals surface area contributed by atoms with E-state index < -0.39 is 5.97 Å². The van der Waals surface area contributed by atoms with E-state index in [9.17, 15) is 9.18 Å². The number of aliphatic carboxylic acids is 1. The summed E-state index contributed by atoms with van der Waals surface area (Å²) in [6.45, 7) is 1.68. The molecule has 2 aromatic carbocycles. The minimum absolute atomic E-state index is 0.171. The smallest absolute Gasteiger partial charge is 0.309 e. The average Bonchev–Trinajstić information content (AvgIpc) is 2.80. The monoisotopic (exact) mass is 284 g/mol. The van der Waals surface area contributed by atoms with Crippen molar-refractivity contribution < 1.29 is 14.3 Å². The van der Waals surface area contributed by atoms with Gasteiger partial charge in [0, 0.05) is 5.39 Å². The molecule has 0 amide bonds. The van der Waals surface area contributed by atoms with Crippen molar-refractivity contribution in [1.82, 2.24) is 9.78 Å². The Morgan fingerprint density at radius 2 is 2.05 bits per heavy atom. The van der Waals surface area contributed by atoms with Crippen molar-refractivity contribution >= 4 is 16.9 Å². The maximum Gasteiger partial charge on any atom is 0.309 e. The van der Waals surface area contributed by atoms with E-state index in [-0.39, 0.29) is 12.2 Å². The van der Waals surface area contributed by atoms with Crippen LogP contribution in [0.2, 0.25) is 0 Å². The lowest BCUT2D eigenvalue weighted by atomic mass is 10.1. The molecule has 0 radical (unpaired) electrons. The maximum atomic E-state index is 13.8. The Morgan fingerprint density at radius 1 is 1.29 bits per heavy atom. The second kappa shape index (κ2) is 5.01. The van der Waals surface area contributed by atoms with E-state index in [4.69, 9.17) is 5.11 Å². The van der Waals surface area contributed by atoms with Gasteiger partial charge in [0.1, 0.15) is 5.82 Å². The predicted octanol–water partition coefficient (Wildman–Crippen LogP) is 3.10. The highest BCUT2D eigenvalue weighted by molar-refractivity contribution is 5.86. The lowest BCUT2D eigenvalue weighted by Crippen LogP contribution is -2.08. The number of hydrogen-bond acceptors (Lipinski definition) is 2. The minimum Gasteiger partial charge on any atom is -0.481 e. The molecule has 0 fully saturated rings. The zero-order valence-electron chi connectivity index (χ0n) is 11.4. The molecular weight excluding hydrogens is 271 g/mol. The number of halogens is 1. The molecule has 1 aromatic heterocycles. The van der Waals surface area contributed by atoms with E-state index in [1.54, 1.807) is 19.1 Å². The highest BCUT2D eigenvalue weighted by Crippen LogP contribution is 2.23. The molecule has 0 saturated carbocycles. The van der Waals surface area contributed by atoms with E-state index in [0.717, 1.165) is 5.39 Å². The van der Waals surface area contributed by atoms with Crippen LogP contribution in [0.25, 0.3) is 16.6 Å². The predicted molar refractivity (Wildman–Crippen MR) is 77.1 cm³/mol. The number of carboxylic acid groups (broad SMARTS) is 1. The first-order chi connectivity index (χ1) is 10.1. The molecule has 0 aliphatic rings. The Kier molecular flexibility index (Phi) is 3.17. The second-order valence-corrected chi connectivity index (χ2v) is 4.88. The van der Waals surface area contributed by atoms with Crippen LogP contribution in [0.4, 0.5) is 4.39 Å². The van der Waals surface area contributed by atoms with Crippen LogP contribution >= 0.6 is 0 Å². The summed E-state index contributed by atoms with van der Waals surface area (Å²) in [5.41, 5.74) is 2.29. The van der Waals surface area contributed by atoms with E-state index >= 15 is 0 Å². The lowest BCUT2D eigenvalue weighted by Gasteiger charge is -2.07. The van der Waals surface area contributed by atoms with Gasteiger partial charge in [0.05, 0.1) is 23.3 Å². The molecule has 3 aromatic rings. The number of aromatic nitrogens is 2. The molecule has 1 N–H and O–H groups in total. The Bertz CT molecular complexity index is 839. The van der Waals surface area contributed by atoms with Crippen LogP contribution in [0, 0.1) is 12.7 Å². The summed E-state index contributed by atoms with van der Waals surface area (Å²) in [5, 5.41) is 14.3. The SMILES string of the molecule is Cc1ccc(-n2nc3ccccc3c2CC(=O)O)cc1F. The third-order valence-corrected chi connectivity index (χ3v) is 3.40. The standard InChI is InChI=1S/C16H13FN2O2/c1-10-6-7-11(8-13(10)17)19-15(9-16(20)21)12-4-2-3-5-14(12)18-19/h2-8H,9H2,1H3,(H,20,21). The summed E-state index contributed by atoms with van der Waals surface area (Å²) in [6, 6.07) is 12.0. The molecular formula is C16H13FN2O2. The van der Waals surface area contributed by atoms with Gasteiger partial charge >= 0.3 is 5.97 Å². The molecule has 0 aliphatic carbocycles. The quantitative estimate of drug-likeness (QED) is 0.804. The molecule has 0 aliphatic heterocycles. The third kappa shape index (κ3) is 2.38. The van der Waals surface area contributed by atoms with Gasteiger partial charge in [-0.25, -0.2) is 9.07 Å². The van der Waals surface area contributed by atoms with Gasteiger partial charge < -0.3 is 5.11 Å². The largest absolute Gasteiger partial charge is 0.481 e. The minimum atomic E-state index is -0.950. The molecule has 5 heteroatoms. The van der Waals surface area contributed by atoms with Crippen LogP contribution < -0.4 is 0 Å². The Hall–Kier alpha value is -2.69. The first kappa shape index (κ1) is 13.3. The molecule has 3 rings (SSSR count). The maximum absolute atomic E-state index is 13.8. The Balaban J connectivity index is 2.25. The van der Waals surface area contributed by atoms with Gasteiger partial charge in [0.2, 0.25) is 0 Å². The van der Waals surface area contributed by atoms with E-state index in [2.05, 4.69) is 5.10 Å². The zero-order chi connectivity index (χ0) is 15.0. The topological polar surface area (TPSA) is 55.1 Å². The Morgan fingerprint density at radius 3 is 2.76 bits per heavy atom. The van der Waals surface area contributed by atoms with Crippen molar-refractivity contribution in [3.63, 3.8) is 0 Å². The molecule has 0 atom stereocenters. The van der Waals surface area contributed by atoms with E-state index in [0.29, 0.717) is 22.5 Å². The van der Waals surface area contributed by atoms with Crippen molar-refractivity contribution in [3.8, 4) is 5.69 Å². The molecule has 4 nitrogen and oxygen atoms in total. The van der Waals surface area contributed by atoms with Gasteiger partial charge in [-0.15, -0.1) is 0 Å². The fourth-order valence-corrected chi connectivity index (χ4v) is 2.33. The highest BCUT2D eigenvalue weighted by Gasteiger charge is 2.15. The molecule has 0 spiro atoms. The molecule has 21 heavy (non-hydrogen) atoms. The summed E-state index contributed by atoms with van der Waals surface area (Å²) in [6.07, 6.45) is -0.171. The van der Waals surface area contributed by atoms with Gasteiger partial charge in [0.15, 0.2) is 0 Å². The van der Waals surface area contributed by atoms with Gasteiger partial charge in [-0.05, 0) is 30.7 Å². The van der Waals surface area contributed by atoms with Gasteiger partial charge in [-0.2, -0.15) is 5.10 Å². The summed E-state index contributed by atoms with van der Waals surface area (Å²) < 4.78 is 15.3. The van der Waals surface area contributed by atoms with Crippen LogP contribution in [-0.2, 0) is 11.2 Å². The molecule has 0 unspecified atom stereocenters. The number of carboxylic acids is 1. The van der Waals surface area contributed by atoms with Crippen molar-refractivity contribution in [2.24, 2.45) is 0 Å². The lowest BCUT2D eigenvalue weighted by molar-refractivity contribution is -0.136. The zero-order valence-corrected chi connectivity index (χ0v) is 11.4. The van der Waals surface area contributed by atoms with E-state index in [1.165, 1.54) is 10.7 Å². The number of fused-ring (bicyclic) bond motifs is 1. The number of benzene rings is 2. The average molecular weight is 284 g/mol. The van der Waals surface area contributed by atoms with Gasteiger partial charge in [-0.1, -0.05) is 24.3 Å². The second-order valence-electron chi connectivity index (χ2n) is 4.88. The number of hydrogen-bond donors (Lipinski definition) is 1. The van der Waals surface area contributed by atoms with Crippen LogP contribution in [0.15, 0.2) is 42.5 Å². The number of carbonyl (C=O) groups is 1.